The van der Waals surface area contributed by atoms with Crippen LogP contribution in [0.4, 0.5) is 8.78 Å². The molecule has 206 valence electrons. The third kappa shape index (κ3) is 5.22. The minimum Gasteiger partial charge on any atom is -0.357 e. The number of carbonyl (C=O) groups is 1. The average Bonchev–Trinajstić information content (AvgIpc) is 3.44. The van der Waals surface area contributed by atoms with Crippen molar-refractivity contribution in [1.82, 2.24) is 19.9 Å². The number of piperidine rings is 1. The summed E-state index contributed by atoms with van der Waals surface area (Å²) in [4.78, 5) is 19.3. The molecule has 2 fully saturated rings. The Balaban J connectivity index is 1.35. The van der Waals surface area contributed by atoms with Crippen molar-refractivity contribution in [2.24, 2.45) is 0 Å². The normalized spacial score (nSPS) is 21.9. The Morgan fingerprint density at radius 3 is 2.44 bits per heavy atom. The number of aromatic nitrogens is 1. The number of likely N-dealkylation sites (tertiary alicyclic amines) is 1. The van der Waals surface area contributed by atoms with Crippen molar-refractivity contribution in [2.75, 3.05) is 32.7 Å². The van der Waals surface area contributed by atoms with Gasteiger partial charge in [-0.05, 0) is 54.2 Å². The van der Waals surface area contributed by atoms with E-state index in [1.165, 1.54) is 6.42 Å². The molecule has 1 aromatic heterocycles. The number of alkyl halides is 2. The van der Waals surface area contributed by atoms with Gasteiger partial charge in [0.15, 0.2) is 0 Å². The van der Waals surface area contributed by atoms with Crippen LogP contribution in [-0.4, -0.2) is 64.5 Å². The van der Waals surface area contributed by atoms with Crippen LogP contribution in [0.5, 0.6) is 0 Å². The summed E-state index contributed by atoms with van der Waals surface area (Å²) in [5, 5.41) is 5.26. The molecule has 1 atom stereocenters. The van der Waals surface area contributed by atoms with Crippen molar-refractivity contribution in [3.63, 3.8) is 0 Å². The van der Waals surface area contributed by atoms with Crippen LogP contribution in [0.3, 0.4) is 0 Å². The standard InChI is InChI=1S/C30H32Cl2F2N4O/c1-19-26-28(35-27(19)21-7-5-20(6-8-21)16-36-14-11-30(33,34)18-36)24(23-10-9-22(31)15-25(23)32)17-38(29(26)39)37-12-3-2-4-13-37/h5-10,15,24,35H,2-4,11-14,16-18H2,1H3. The van der Waals surface area contributed by atoms with Gasteiger partial charge in [0.25, 0.3) is 11.8 Å². The van der Waals surface area contributed by atoms with Gasteiger partial charge in [-0.3, -0.25) is 14.7 Å². The highest BCUT2D eigenvalue weighted by Gasteiger charge is 2.40. The highest BCUT2D eigenvalue weighted by molar-refractivity contribution is 6.35. The van der Waals surface area contributed by atoms with Gasteiger partial charge in [0.2, 0.25) is 0 Å². The van der Waals surface area contributed by atoms with Crippen molar-refractivity contribution in [3.8, 4) is 11.3 Å². The molecule has 3 aliphatic heterocycles. The monoisotopic (exact) mass is 572 g/mol. The molecule has 0 spiro atoms. The molecule has 3 aromatic rings. The third-order valence-electron chi connectivity index (χ3n) is 8.34. The second kappa shape index (κ2) is 10.5. The number of amides is 1. The lowest BCUT2D eigenvalue weighted by molar-refractivity contribution is -0.0264. The molecule has 4 heterocycles. The molecule has 2 saturated heterocycles. The second-order valence-electron chi connectivity index (χ2n) is 11.0. The predicted molar refractivity (Wildman–Crippen MR) is 151 cm³/mol. The summed E-state index contributed by atoms with van der Waals surface area (Å²) >= 11 is 12.9. The summed E-state index contributed by atoms with van der Waals surface area (Å²) in [7, 11) is 0. The maximum atomic E-state index is 13.9. The van der Waals surface area contributed by atoms with Gasteiger partial charge in [-0.15, -0.1) is 0 Å². The highest BCUT2D eigenvalue weighted by Crippen LogP contribution is 2.42. The van der Waals surface area contributed by atoms with Crippen LogP contribution in [0.2, 0.25) is 10.0 Å². The Labute approximate surface area is 237 Å². The topological polar surface area (TPSA) is 42.6 Å². The fraction of sp³-hybridized carbons (Fsp3) is 0.433. The Bertz CT molecular complexity index is 1380. The van der Waals surface area contributed by atoms with Crippen LogP contribution in [0, 0.1) is 6.92 Å². The van der Waals surface area contributed by atoms with Crippen molar-refractivity contribution < 1.29 is 13.6 Å². The molecule has 1 unspecified atom stereocenters. The van der Waals surface area contributed by atoms with Gasteiger partial charge in [-0.25, -0.2) is 13.8 Å². The Hall–Kier alpha value is -2.45. The van der Waals surface area contributed by atoms with E-state index in [9.17, 15) is 13.6 Å². The molecule has 0 bridgehead atoms. The molecular weight excluding hydrogens is 541 g/mol. The summed E-state index contributed by atoms with van der Waals surface area (Å²) < 4.78 is 27.2. The Kier molecular flexibility index (Phi) is 7.21. The molecule has 1 amide bonds. The summed E-state index contributed by atoms with van der Waals surface area (Å²) in [6.07, 6.45) is 3.24. The number of aromatic amines is 1. The fourth-order valence-corrected chi connectivity index (χ4v) is 6.84. The van der Waals surface area contributed by atoms with Crippen LogP contribution in [0.25, 0.3) is 11.3 Å². The minimum atomic E-state index is -2.60. The van der Waals surface area contributed by atoms with Gasteiger partial charge < -0.3 is 4.98 Å². The highest BCUT2D eigenvalue weighted by atomic mass is 35.5. The molecule has 0 aliphatic carbocycles. The van der Waals surface area contributed by atoms with Crippen LogP contribution in [0.1, 0.15) is 64.3 Å². The first-order valence-corrected chi connectivity index (χ1v) is 14.4. The first-order valence-electron chi connectivity index (χ1n) is 13.6. The van der Waals surface area contributed by atoms with Crippen LogP contribution in [0.15, 0.2) is 42.5 Å². The van der Waals surface area contributed by atoms with Gasteiger partial charge in [0.05, 0.1) is 18.7 Å². The van der Waals surface area contributed by atoms with E-state index in [1.807, 2.05) is 48.3 Å². The molecule has 5 nitrogen and oxygen atoms in total. The van der Waals surface area contributed by atoms with Gasteiger partial charge >= 0.3 is 0 Å². The molecule has 3 aliphatic rings. The minimum absolute atomic E-state index is 0.0137. The van der Waals surface area contributed by atoms with E-state index in [2.05, 4.69) is 9.99 Å². The zero-order valence-electron chi connectivity index (χ0n) is 22.0. The van der Waals surface area contributed by atoms with E-state index in [1.54, 1.807) is 11.0 Å². The van der Waals surface area contributed by atoms with Crippen molar-refractivity contribution >= 4 is 29.1 Å². The first kappa shape index (κ1) is 26.8. The maximum absolute atomic E-state index is 13.9. The lowest BCUT2D eigenvalue weighted by Gasteiger charge is -2.42. The molecule has 1 N–H and O–H groups in total. The summed E-state index contributed by atoms with van der Waals surface area (Å²) in [5.74, 6) is -2.72. The lowest BCUT2D eigenvalue weighted by atomic mass is 9.88. The second-order valence-corrected chi connectivity index (χ2v) is 11.9. The molecule has 0 saturated carbocycles. The summed E-state index contributed by atoms with van der Waals surface area (Å²) in [6.45, 7) is 4.93. The fourth-order valence-electron chi connectivity index (χ4n) is 6.30. The van der Waals surface area contributed by atoms with E-state index in [0.717, 1.165) is 59.6 Å². The number of rotatable bonds is 5. The molecule has 39 heavy (non-hydrogen) atoms. The number of benzene rings is 2. The Morgan fingerprint density at radius 2 is 1.77 bits per heavy atom. The number of halogens is 4. The average molecular weight is 574 g/mol. The zero-order chi connectivity index (χ0) is 27.3. The number of hydrazine groups is 1. The Morgan fingerprint density at radius 1 is 1.03 bits per heavy atom. The molecule has 0 radical (unpaired) electrons. The number of carbonyl (C=O) groups excluding carboxylic acids is 1. The van der Waals surface area contributed by atoms with E-state index < -0.39 is 5.92 Å². The third-order valence-corrected chi connectivity index (χ3v) is 8.90. The van der Waals surface area contributed by atoms with Crippen LogP contribution < -0.4 is 0 Å². The smallest absolute Gasteiger partial charge is 0.270 e. The predicted octanol–water partition coefficient (Wildman–Crippen LogP) is 7.13. The largest absolute Gasteiger partial charge is 0.357 e. The number of nitrogens with one attached hydrogen (secondary N) is 1. The number of hydrogen-bond acceptors (Lipinski definition) is 3. The summed E-state index contributed by atoms with van der Waals surface area (Å²) in [6, 6.07) is 13.5. The number of H-pyrrole nitrogens is 1. The van der Waals surface area contributed by atoms with Gasteiger partial charge in [-0.1, -0.05) is 60.0 Å². The molecule has 2 aromatic carbocycles. The number of nitrogens with zero attached hydrogens (tertiary/aromatic N) is 3. The van der Waals surface area contributed by atoms with E-state index >= 15 is 0 Å². The van der Waals surface area contributed by atoms with Gasteiger partial charge in [0, 0.05) is 60.0 Å². The molecule has 6 rings (SSSR count). The molecule has 9 heteroatoms. The van der Waals surface area contributed by atoms with Gasteiger partial charge in [0.1, 0.15) is 0 Å². The van der Waals surface area contributed by atoms with Crippen molar-refractivity contribution in [2.45, 2.75) is 51.0 Å². The SMILES string of the molecule is Cc1c(-c2ccc(CN3CCC(F)(F)C3)cc2)[nH]c2c1C(=O)N(N1CCCCC1)CC2c1ccc(Cl)cc1Cl. The van der Waals surface area contributed by atoms with Crippen LogP contribution in [-0.2, 0) is 6.54 Å². The quantitative estimate of drug-likeness (QED) is 0.353. The van der Waals surface area contributed by atoms with E-state index in [4.69, 9.17) is 23.2 Å². The van der Waals surface area contributed by atoms with Crippen LogP contribution >= 0.6 is 23.2 Å². The molecular formula is C30H32Cl2F2N4O. The summed E-state index contributed by atoms with van der Waals surface area (Å²) in [5.41, 5.74) is 6.23. The van der Waals surface area contributed by atoms with E-state index in [-0.39, 0.29) is 24.8 Å². The van der Waals surface area contributed by atoms with Crippen molar-refractivity contribution in [1.29, 1.82) is 0 Å². The zero-order valence-corrected chi connectivity index (χ0v) is 23.5. The number of fused-ring (bicyclic) bond motifs is 1. The van der Waals surface area contributed by atoms with Crippen molar-refractivity contribution in [3.05, 3.63) is 80.5 Å². The maximum Gasteiger partial charge on any atom is 0.270 e. The van der Waals surface area contributed by atoms with E-state index in [0.29, 0.717) is 35.2 Å². The first-order chi connectivity index (χ1) is 18.7. The number of hydrogen-bond donors (Lipinski definition) is 1. The lowest BCUT2D eigenvalue weighted by Crippen LogP contribution is -2.52. The van der Waals surface area contributed by atoms with Gasteiger partial charge in [-0.2, -0.15) is 0 Å².